The zero-order chi connectivity index (χ0) is 19.2. The normalized spacial score (nSPS) is 21.0. The topological polar surface area (TPSA) is 69.9 Å². The molecule has 148 valence electrons. The van der Waals surface area contributed by atoms with E-state index in [2.05, 4.69) is 4.90 Å². The first kappa shape index (κ1) is 19.8. The third kappa shape index (κ3) is 5.08. The van der Waals surface area contributed by atoms with Crippen LogP contribution in [0.4, 0.5) is 0 Å². The van der Waals surface area contributed by atoms with Crippen molar-refractivity contribution in [3.05, 3.63) is 35.9 Å². The monoisotopic (exact) mass is 372 g/mol. The van der Waals surface area contributed by atoms with Crippen LogP contribution >= 0.6 is 0 Å². The van der Waals surface area contributed by atoms with Gasteiger partial charge in [-0.05, 0) is 24.8 Å². The van der Waals surface area contributed by atoms with Crippen molar-refractivity contribution in [1.29, 1.82) is 0 Å². The van der Waals surface area contributed by atoms with E-state index in [0.29, 0.717) is 19.6 Å². The van der Waals surface area contributed by atoms with Crippen LogP contribution in [-0.2, 0) is 9.59 Å². The summed E-state index contributed by atoms with van der Waals surface area (Å²) in [4.78, 5) is 31.3. The van der Waals surface area contributed by atoms with Crippen LogP contribution in [0.3, 0.4) is 0 Å². The molecule has 2 aliphatic heterocycles. The number of likely N-dealkylation sites (tertiary alicyclic amines) is 1. The molecule has 2 saturated heterocycles. The minimum Gasteiger partial charge on any atom is -0.342 e. The maximum atomic E-state index is 12.8. The Labute approximate surface area is 162 Å². The Balaban J connectivity index is 1.46. The van der Waals surface area contributed by atoms with Crippen molar-refractivity contribution >= 4 is 11.8 Å². The summed E-state index contributed by atoms with van der Waals surface area (Å²) < 4.78 is 0. The number of hydrogen-bond acceptors (Lipinski definition) is 4. The number of carbonyl (C=O) groups is 2. The number of rotatable bonds is 5. The van der Waals surface area contributed by atoms with Crippen molar-refractivity contribution in [2.75, 3.05) is 45.8 Å². The van der Waals surface area contributed by atoms with E-state index in [1.807, 2.05) is 47.1 Å². The first-order valence-corrected chi connectivity index (χ1v) is 10.2. The molecule has 3 rings (SSSR count). The molecule has 2 unspecified atom stereocenters. The third-order valence-electron chi connectivity index (χ3n) is 5.86. The Bertz CT molecular complexity index is 622. The quantitative estimate of drug-likeness (QED) is 0.850. The summed E-state index contributed by atoms with van der Waals surface area (Å²) in [6.45, 7) is 7.00. The van der Waals surface area contributed by atoms with Crippen molar-refractivity contribution in [2.45, 2.75) is 32.2 Å². The van der Waals surface area contributed by atoms with Gasteiger partial charge in [-0.3, -0.25) is 14.5 Å². The molecule has 27 heavy (non-hydrogen) atoms. The first-order chi connectivity index (χ1) is 13.1. The molecule has 6 heteroatoms. The summed E-state index contributed by atoms with van der Waals surface area (Å²) in [6.07, 6.45) is 3.47. The summed E-state index contributed by atoms with van der Waals surface area (Å²) in [5, 5.41) is 0. The maximum absolute atomic E-state index is 12.8. The van der Waals surface area contributed by atoms with E-state index < -0.39 is 0 Å². The molecule has 2 N–H and O–H groups in total. The van der Waals surface area contributed by atoms with Gasteiger partial charge in [0, 0.05) is 45.3 Å². The molecular formula is C21H32N4O2. The standard InChI is InChI=1S/C21H32N4O2/c1-17(20(22)18-8-4-2-5-9-18)21(27)25-14-12-23(13-15-25)16-19(26)24-10-6-3-7-11-24/h2,4-5,8-9,17,20H,3,6-7,10-16,22H2,1H3. The molecule has 0 bridgehead atoms. The SMILES string of the molecule is CC(C(=O)N1CCN(CC(=O)N2CCCCC2)CC1)C(N)c1ccccc1. The van der Waals surface area contributed by atoms with Gasteiger partial charge in [0.25, 0.3) is 0 Å². The Kier molecular flexibility index (Phi) is 6.85. The molecule has 6 nitrogen and oxygen atoms in total. The number of piperidine rings is 1. The number of carbonyl (C=O) groups excluding carboxylic acids is 2. The number of benzene rings is 1. The summed E-state index contributed by atoms with van der Waals surface area (Å²) in [6, 6.07) is 9.50. The van der Waals surface area contributed by atoms with Crippen LogP contribution in [0, 0.1) is 5.92 Å². The lowest BCUT2D eigenvalue weighted by Gasteiger charge is -2.37. The highest BCUT2D eigenvalue weighted by Gasteiger charge is 2.30. The lowest BCUT2D eigenvalue weighted by molar-refractivity contribution is -0.138. The average molecular weight is 373 g/mol. The predicted octanol–water partition coefficient (Wildman–Crippen LogP) is 1.48. The summed E-state index contributed by atoms with van der Waals surface area (Å²) in [5.41, 5.74) is 7.30. The van der Waals surface area contributed by atoms with Crippen LogP contribution < -0.4 is 5.73 Å². The molecule has 2 heterocycles. The van der Waals surface area contributed by atoms with Crippen LogP contribution in [0.1, 0.15) is 37.8 Å². The molecule has 0 saturated carbocycles. The highest BCUT2D eigenvalue weighted by molar-refractivity contribution is 5.80. The van der Waals surface area contributed by atoms with Gasteiger partial charge in [0.15, 0.2) is 0 Å². The van der Waals surface area contributed by atoms with Crippen LogP contribution in [0.15, 0.2) is 30.3 Å². The van der Waals surface area contributed by atoms with Gasteiger partial charge in [-0.2, -0.15) is 0 Å². The number of hydrogen-bond donors (Lipinski definition) is 1. The molecule has 2 atom stereocenters. The molecule has 1 aromatic rings. The fraction of sp³-hybridized carbons (Fsp3) is 0.619. The highest BCUT2D eigenvalue weighted by atomic mass is 16.2. The fourth-order valence-electron chi connectivity index (χ4n) is 3.97. The Morgan fingerprint density at radius 3 is 2.19 bits per heavy atom. The van der Waals surface area contributed by atoms with Crippen LogP contribution in [-0.4, -0.2) is 72.3 Å². The van der Waals surface area contributed by atoms with E-state index in [9.17, 15) is 9.59 Å². The largest absolute Gasteiger partial charge is 0.342 e. The summed E-state index contributed by atoms with van der Waals surface area (Å²) in [7, 11) is 0. The molecule has 0 aromatic heterocycles. The molecule has 2 fully saturated rings. The van der Waals surface area contributed by atoms with Gasteiger partial charge in [0.1, 0.15) is 0 Å². The van der Waals surface area contributed by atoms with Gasteiger partial charge >= 0.3 is 0 Å². The average Bonchev–Trinajstić information content (AvgIpc) is 2.74. The minimum atomic E-state index is -0.294. The molecular weight excluding hydrogens is 340 g/mol. The smallest absolute Gasteiger partial charge is 0.236 e. The fourth-order valence-corrected chi connectivity index (χ4v) is 3.97. The van der Waals surface area contributed by atoms with E-state index in [4.69, 9.17) is 5.73 Å². The van der Waals surface area contributed by atoms with E-state index in [0.717, 1.165) is 44.6 Å². The van der Waals surface area contributed by atoms with Crippen molar-refractivity contribution < 1.29 is 9.59 Å². The number of amides is 2. The second kappa shape index (κ2) is 9.33. The molecule has 1 aromatic carbocycles. The number of nitrogens with zero attached hydrogens (tertiary/aromatic N) is 3. The van der Waals surface area contributed by atoms with E-state index in [-0.39, 0.29) is 23.8 Å². The Morgan fingerprint density at radius 1 is 0.926 bits per heavy atom. The first-order valence-electron chi connectivity index (χ1n) is 10.2. The van der Waals surface area contributed by atoms with Crippen LogP contribution in [0.5, 0.6) is 0 Å². The minimum absolute atomic E-state index is 0.105. The molecule has 0 aliphatic carbocycles. The molecule has 2 aliphatic rings. The summed E-state index contributed by atoms with van der Waals surface area (Å²) in [5.74, 6) is 0.0798. The van der Waals surface area contributed by atoms with Gasteiger partial charge in [0.2, 0.25) is 11.8 Å². The van der Waals surface area contributed by atoms with Crippen molar-refractivity contribution in [1.82, 2.24) is 14.7 Å². The predicted molar refractivity (Wildman–Crippen MR) is 106 cm³/mol. The number of piperazine rings is 1. The lowest BCUT2D eigenvalue weighted by atomic mass is 9.94. The van der Waals surface area contributed by atoms with Crippen LogP contribution in [0.2, 0.25) is 0 Å². The second-order valence-corrected chi connectivity index (χ2v) is 7.77. The third-order valence-corrected chi connectivity index (χ3v) is 5.86. The maximum Gasteiger partial charge on any atom is 0.236 e. The van der Waals surface area contributed by atoms with Crippen LogP contribution in [0.25, 0.3) is 0 Å². The molecule has 2 amide bonds. The van der Waals surface area contributed by atoms with Gasteiger partial charge < -0.3 is 15.5 Å². The van der Waals surface area contributed by atoms with E-state index >= 15 is 0 Å². The lowest BCUT2D eigenvalue weighted by Crippen LogP contribution is -2.53. The van der Waals surface area contributed by atoms with Gasteiger partial charge in [-0.25, -0.2) is 0 Å². The van der Waals surface area contributed by atoms with Crippen molar-refractivity contribution in [2.24, 2.45) is 11.7 Å². The van der Waals surface area contributed by atoms with E-state index in [1.165, 1.54) is 6.42 Å². The second-order valence-electron chi connectivity index (χ2n) is 7.77. The summed E-state index contributed by atoms with van der Waals surface area (Å²) >= 11 is 0. The van der Waals surface area contributed by atoms with Gasteiger partial charge in [-0.15, -0.1) is 0 Å². The Morgan fingerprint density at radius 2 is 1.56 bits per heavy atom. The van der Waals surface area contributed by atoms with Crippen molar-refractivity contribution in [3.8, 4) is 0 Å². The zero-order valence-electron chi connectivity index (χ0n) is 16.3. The van der Waals surface area contributed by atoms with Gasteiger partial charge in [0.05, 0.1) is 12.5 Å². The van der Waals surface area contributed by atoms with Gasteiger partial charge in [-0.1, -0.05) is 37.3 Å². The molecule has 0 radical (unpaired) electrons. The zero-order valence-corrected chi connectivity index (χ0v) is 16.3. The highest BCUT2D eigenvalue weighted by Crippen LogP contribution is 2.21. The Hall–Kier alpha value is -1.92. The van der Waals surface area contributed by atoms with E-state index in [1.54, 1.807) is 0 Å². The molecule has 0 spiro atoms. The number of nitrogens with two attached hydrogens (primary N) is 1. The van der Waals surface area contributed by atoms with Crippen molar-refractivity contribution in [3.63, 3.8) is 0 Å².